The number of benzene rings is 2. The highest BCUT2D eigenvalue weighted by Gasteiger charge is 2.33. The maximum absolute atomic E-state index is 13.7. The molecule has 0 radical (unpaired) electrons. The molecule has 3 heterocycles. The minimum atomic E-state index is -1.23. The van der Waals surface area contributed by atoms with Crippen molar-refractivity contribution < 1.29 is 14.7 Å². The van der Waals surface area contributed by atoms with Crippen LogP contribution in [0.1, 0.15) is 11.1 Å². The highest BCUT2D eigenvalue weighted by Crippen LogP contribution is 2.40. The number of carbonyl (C=O) groups is 2. The van der Waals surface area contributed by atoms with E-state index in [1.807, 2.05) is 55.6 Å². The van der Waals surface area contributed by atoms with Gasteiger partial charge in [-0.15, -0.1) is 0 Å². The van der Waals surface area contributed by atoms with Gasteiger partial charge in [0, 0.05) is 43.7 Å². The number of pyridine rings is 1. The molecule has 0 aliphatic carbocycles. The molecule has 2 aromatic heterocycles. The SMILES string of the molecule is Cn1ncnc1-c1cc(-c2ccncc2)cc2c1CCN2C(=O)C(Cc1ccccc1)NC(=O)O. The number of fused-ring (bicyclic) bond motifs is 1. The number of hydrogen-bond acceptors (Lipinski definition) is 5. The largest absolute Gasteiger partial charge is 0.465 e. The van der Waals surface area contributed by atoms with E-state index in [1.165, 1.54) is 6.33 Å². The Morgan fingerprint density at radius 2 is 1.86 bits per heavy atom. The number of rotatable bonds is 6. The highest BCUT2D eigenvalue weighted by atomic mass is 16.4. The van der Waals surface area contributed by atoms with Crippen LogP contribution in [0.15, 0.2) is 73.3 Å². The molecule has 1 unspecified atom stereocenters. The lowest BCUT2D eigenvalue weighted by atomic mass is 9.97. The van der Waals surface area contributed by atoms with Crippen molar-refractivity contribution in [1.29, 1.82) is 0 Å². The van der Waals surface area contributed by atoms with Gasteiger partial charge in [-0.05, 0) is 52.9 Å². The van der Waals surface area contributed by atoms with E-state index in [-0.39, 0.29) is 12.3 Å². The van der Waals surface area contributed by atoms with Crippen molar-refractivity contribution in [3.05, 3.63) is 84.4 Å². The molecule has 9 nitrogen and oxygen atoms in total. The van der Waals surface area contributed by atoms with Crippen molar-refractivity contribution in [3.63, 3.8) is 0 Å². The van der Waals surface area contributed by atoms with Crippen LogP contribution in [0.3, 0.4) is 0 Å². The molecular formula is C26H24N6O3. The van der Waals surface area contributed by atoms with E-state index in [4.69, 9.17) is 0 Å². The highest BCUT2D eigenvalue weighted by molar-refractivity contribution is 6.02. The second kappa shape index (κ2) is 9.38. The van der Waals surface area contributed by atoms with E-state index in [9.17, 15) is 14.7 Å². The van der Waals surface area contributed by atoms with Crippen LogP contribution < -0.4 is 10.2 Å². The Kier molecular flexibility index (Phi) is 5.97. The number of carbonyl (C=O) groups excluding carboxylic acids is 1. The molecule has 1 aliphatic rings. The van der Waals surface area contributed by atoms with Crippen molar-refractivity contribution in [2.24, 2.45) is 7.05 Å². The average Bonchev–Trinajstić information content (AvgIpc) is 3.49. The molecule has 1 aliphatic heterocycles. The molecule has 9 heteroatoms. The maximum atomic E-state index is 13.7. The fraction of sp³-hybridized carbons (Fsp3) is 0.192. The summed E-state index contributed by atoms with van der Waals surface area (Å²) in [5.74, 6) is 0.418. The van der Waals surface area contributed by atoms with Gasteiger partial charge in [-0.2, -0.15) is 5.10 Å². The topological polar surface area (TPSA) is 113 Å². The van der Waals surface area contributed by atoms with Crippen LogP contribution >= 0.6 is 0 Å². The summed E-state index contributed by atoms with van der Waals surface area (Å²) in [6.07, 6.45) is 4.61. The Balaban J connectivity index is 1.58. The Bertz CT molecular complexity index is 1370. The van der Waals surface area contributed by atoms with E-state index in [2.05, 4.69) is 26.4 Å². The minimum Gasteiger partial charge on any atom is -0.465 e. The smallest absolute Gasteiger partial charge is 0.405 e. The molecule has 5 rings (SSSR count). The summed E-state index contributed by atoms with van der Waals surface area (Å²) >= 11 is 0. The van der Waals surface area contributed by atoms with Gasteiger partial charge in [-0.25, -0.2) is 14.5 Å². The summed E-state index contributed by atoms with van der Waals surface area (Å²) in [5.41, 5.74) is 5.39. The van der Waals surface area contributed by atoms with E-state index >= 15 is 0 Å². The van der Waals surface area contributed by atoms with Crippen molar-refractivity contribution in [3.8, 4) is 22.5 Å². The summed E-state index contributed by atoms with van der Waals surface area (Å²) < 4.78 is 1.71. The average molecular weight is 469 g/mol. The van der Waals surface area contributed by atoms with Crippen molar-refractivity contribution in [1.82, 2.24) is 25.1 Å². The molecule has 0 saturated carbocycles. The van der Waals surface area contributed by atoms with Gasteiger partial charge >= 0.3 is 6.09 Å². The number of nitrogens with zero attached hydrogens (tertiary/aromatic N) is 5. The number of carboxylic acid groups (broad SMARTS) is 1. The zero-order chi connectivity index (χ0) is 24.4. The lowest BCUT2D eigenvalue weighted by molar-refractivity contribution is -0.120. The maximum Gasteiger partial charge on any atom is 0.405 e. The zero-order valence-electron chi connectivity index (χ0n) is 19.1. The van der Waals surface area contributed by atoms with Gasteiger partial charge in [0.2, 0.25) is 5.91 Å². The molecule has 1 atom stereocenters. The van der Waals surface area contributed by atoms with Crippen LogP contribution in [0.5, 0.6) is 0 Å². The lowest BCUT2D eigenvalue weighted by Crippen LogP contribution is -2.49. The van der Waals surface area contributed by atoms with Crippen molar-refractivity contribution >= 4 is 17.7 Å². The number of aryl methyl sites for hydroxylation is 1. The molecular weight excluding hydrogens is 444 g/mol. The molecule has 2 amide bonds. The number of aromatic nitrogens is 4. The quantitative estimate of drug-likeness (QED) is 0.449. The molecule has 176 valence electrons. The summed E-state index contributed by atoms with van der Waals surface area (Å²) in [4.78, 5) is 35.5. The Hall–Kier alpha value is -4.53. The zero-order valence-corrected chi connectivity index (χ0v) is 19.1. The van der Waals surface area contributed by atoms with Gasteiger partial charge < -0.3 is 15.3 Å². The van der Waals surface area contributed by atoms with Crippen LogP contribution in [-0.4, -0.2) is 49.4 Å². The van der Waals surface area contributed by atoms with Crippen molar-refractivity contribution in [2.75, 3.05) is 11.4 Å². The second-order valence-electron chi connectivity index (χ2n) is 8.40. The van der Waals surface area contributed by atoms with E-state index < -0.39 is 12.1 Å². The van der Waals surface area contributed by atoms with E-state index in [0.717, 1.165) is 33.5 Å². The second-order valence-corrected chi connectivity index (χ2v) is 8.40. The normalized spacial score (nSPS) is 13.3. The number of hydrogen-bond donors (Lipinski definition) is 2. The molecule has 35 heavy (non-hydrogen) atoms. The summed E-state index contributed by atoms with van der Waals surface area (Å²) in [6.45, 7) is 0.450. The Morgan fingerprint density at radius 1 is 1.09 bits per heavy atom. The van der Waals surface area contributed by atoms with Crippen LogP contribution in [-0.2, 0) is 24.7 Å². The Labute approximate surface area is 202 Å². The fourth-order valence-corrected chi connectivity index (χ4v) is 4.57. The fourth-order valence-electron chi connectivity index (χ4n) is 4.57. The van der Waals surface area contributed by atoms with Gasteiger partial charge in [-0.3, -0.25) is 9.78 Å². The number of anilines is 1. The molecule has 0 saturated heterocycles. The van der Waals surface area contributed by atoms with Crippen LogP contribution in [0, 0.1) is 0 Å². The van der Waals surface area contributed by atoms with Gasteiger partial charge in [-0.1, -0.05) is 30.3 Å². The third kappa shape index (κ3) is 4.48. The lowest BCUT2D eigenvalue weighted by Gasteiger charge is -2.25. The molecule has 2 N–H and O–H groups in total. The van der Waals surface area contributed by atoms with E-state index in [0.29, 0.717) is 18.8 Å². The molecule has 0 fully saturated rings. The molecule has 2 aromatic carbocycles. The predicted molar refractivity (Wildman–Crippen MR) is 131 cm³/mol. The standard InChI is InChI=1S/C26H24N6O3/c1-31-24(28-16-29-31)21-14-19(18-7-10-27-11-8-18)15-23-20(21)9-12-32(23)25(33)22(30-26(34)35)13-17-5-3-2-4-6-17/h2-8,10-11,14-16,22,30H,9,12-13H2,1H3,(H,34,35). The van der Waals surface area contributed by atoms with Gasteiger partial charge in [0.1, 0.15) is 12.4 Å². The van der Waals surface area contributed by atoms with Gasteiger partial charge in [0.25, 0.3) is 0 Å². The minimum absolute atomic E-state index is 0.262. The first kappa shape index (κ1) is 22.3. The van der Waals surface area contributed by atoms with Crippen LogP contribution in [0.2, 0.25) is 0 Å². The summed E-state index contributed by atoms with van der Waals surface area (Å²) in [6, 6.07) is 16.3. The first-order valence-electron chi connectivity index (χ1n) is 11.3. The molecule has 4 aromatic rings. The van der Waals surface area contributed by atoms with E-state index in [1.54, 1.807) is 22.0 Å². The van der Waals surface area contributed by atoms with Crippen LogP contribution in [0.4, 0.5) is 10.5 Å². The Morgan fingerprint density at radius 3 is 2.54 bits per heavy atom. The summed E-state index contributed by atoms with van der Waals surface area (Å²) in [5, 5.41) is 16.1. The first-order valence-corrected chi connectivity index (χ1v) is 11.3. The third-order valence-corrected chi connectivity index (χ3v) is 6.21. The third-order valence-electron chi connectivity index (χ3n) is 6.21. The number of amides is 2. The van der Waals surface area contributed by atoms with Gasteiger partial charge in [0.15, 0.2) is 5.82 Å². The van der Waals surface area contributed by atoms with Crippen molar-refractivity contribution in [2.45, 2.75) is 18.9 Å². The first-order chi connectivity index (χ1) is 17.0. The molecule has 0 bridgehead atoms. The van der Waals surface area contributed by atoms with Gasteiger partial charge in [0.05, 0.1) is 0 Å². The number of nitrogens with one attached hydrogen (secondary N) is 1. The monoisotopic (exact) mass is 468 g/mol. The molecule has 0 spiro atoms. The van der Waals surface area contributed by atoms with Crippen LogP contribution in [0.25, 0.3) is 22.5 Å². The predicted octanol–water partition coefficient (Wildman–Crippen LogP) is 3.31. The summed E-state index contributed by atoms with van der Waals surface area (Å²) in [7, 11) is 1.83.